The molecule has 0 aromatic rings. The lowest BCUT2D eigenvalue weighted by Gasteiger charge is -2.23. The van der Waals surface area contributed by atoms with Crippen molar-refractivity contribution in [3.63, 3.8) is 0 Å². The molecule has 0 heterocycles. The summed E-state index contributed by atoms with van der Waals surface area (Å²) >= 11 is 0. The molecule has 17 heavy (non-hydrogen) atoms. The van der Waals surface area contributed by atoms with Crippen LogP contribution in [0.4, 0.5) is 0 Å². The van der Waals surface area contributed by atoms with E-state index in [1.165, 1.54) is 19.3 Å². The third-order valence-electron chi connectivity index (χ3n) is 3.22. The second-order valence-corrected chi connectivity index (χ2v) is 5.16. The van der Waals surface area contributed by atoms with Gasteiger partial charge in [-0.1, -0.05) is 22.2 Å². The number of nitrogens with two attached hydrogens (primary N) is 1. The first-order valence-electron chi connectivity index (χ1n) is 6.63. The predicted octanol–water partition coefficient (Wildman–Crippen LogP) is 1.74. The Hall–Kier alpha value is -0.180. The van der Waals surface area contributed by atoms with Gasteiger partial charge < -0.3 is 15.6 Å². The molecule has 3 N–H and O–H groups in total. The quantitative estimate of drug-likeness (QED) is 0.416. The van der Waals surface area contributed by atoms with Crippen LogP contribution < -0.4 is 10.8 Å². The number of rotatable bonds is 7. The average molecular weight is 260 g/mol. The van der Waals surface area contributed by atoms with Crippen molar-refractivity contribution in [2.45, 2.75) is 63.5 Å². The van der Waals surface area contributed by atoms with Crippen LogP contribution in [-0.4, -0.2) is 24.7 Å². The summed E-state index contributed by atoms with van der Waals surface area (Å²) in [6, 6.07) is -0.443. The molecule has 1 unspecified atom stereocenters. The van der Waals surface area contributed by atoms with E-state index in [2.05, 4.69) is 14.5 Å². The number of carbonyl (C=O) groups is 1. The summed E-state index contributed by atoms with van der Waals surface area (Å²) in [4.78, 5) is 11.7. The number of hydrogen-bond acceptors (Lipinski definition) is 4. The van der Waals surface area contributed by atoms with E-state index in [-0.39, 0.29) is 12.1 Å². The van der Waals surface area contributed by atoms with E-state index in [1.54, 1.807) is 0 Å². The van der Waals surface area contributed by atoms with Crippen molar-refractivity contribution in [3.8, 4) is 0 Å². The summed E-state index contributed by atoms with van der Waals surface area (Å²) in [6.45, 7) is 0.940. The highest BCUT2D eigenvalue weighted by atomic mass is 31.0. The molecular weight excluding hydrogens is 235 g/mol. The first-order valence-corrected chi connectivity index (χ1v) is 7.21. The molecule has 1 aliphatic rings. The second kappa shape index (κ2) is 8.84. The van der Waals surface area contributed by atoms with Gasteiger partial charge in [0.25, 0.3) is 0 Å². The van der Waals surface area contributed by atoms with Crippen LogP contribution in [0.3, 0.4) is 0 Å². The lowest BCUT2D eigenvalue weighted by molar-refractivity contribution is -0.152. The first-order chi connectivity index (χ1) is 8.24. The third kappa shape index (κ3) is 6.35. The topological polar surface area (TPSA) is 64.3 Å². The summed E-state index contributed by atoms with van der Waals surface area (Å²) in [6.07, 6.45) is 8.47. The normalized spacial score (nSPS) is 18.9. The summed E-state index contributed by atoms with van der Waals surface area (Å²) in [7, 11) is 2.47. The van der Waals surface area contributed by atoms with Crippen LogP contribution in [0.15, 0.2) is 0 Å². The number of ether oxygens (including phenoxy) is 1. The Morgan fingerprint density at radius 1 is 1.35 bits per heavy atom. The van der Waals surface area contributed by atoms with E-state index < -0.39 is 6.04 Å². The van der Waals surface area contributed by atoms with Gasteiger partial charge in [0.05, 0.1) is 0 Å². The molecule has 1 fully saturated rings. The first kappa shape index (κ1) is 14.9. The van der Waals surface area contributed by atoms with Gasteiger partial charge in [-0.05, 0) is 45.1 Å². The molecule has 100 valence electrons. The van der Waals surface area contributed by atoms with Crippen LogP contribution in [-0.2, 0) is 9.53 Å². The van der Waals surface area contributed by atoms with E-state index >= 15 is 0 Å². The van der Waals surface area contributed by atoms with Crippen molar-refractivity contribution in [2.24, 2.45) is 5.73 Å². The van der Waals surface area contributed by atoms with Gasteiger partial charge in [-0.3, -0.25) is 4.79 Å². The van der Waals surface area contributed by atoms with Crippen LogP contribution in [0, 0.1) is 0 Å². The van der Waals surface area contributed by atoms with Gasteiger partial charge in [0, 0.05) is 0 Å². The zero-order chi connectivity index (χ0) is 12.5. The fourth-order valence-electron chi connectivity index (χ4n) is 2.14. The van der Waals surface area contributed by atoms with Crippen molar-refractivity contribution < 1.29 is 9.53 Å². The number of hydrogen-bond donors (Lipinski definition) is 2. The average Bonchev–Trinajstić information content (AvgIpc) is 2.35. The number of nitrogens with one attached hydrogen (secondary N) is 1. The predicted molar refractivity (Wildman–Crippen MR) is 72.5 cm³/mol. The molecule has 0 aromatic carbocycles. The molecule has 0 aliphatic heterocycles. The molecule has 0 spiro atoms. The largest absolute Gasteiger partial charge is 0.461 e. The molecule has 0 amide bonds. The minimum absolute atomic E-state index is 0.121. The van der Waals surface area contributed by atoms with Gasteiger partial charge in [-0.25, -0.2) is 0 Å². The Balaban J connectivity index is 2.12. The Morgan fingerprint density at radius 3 is 2.71 bits per heavy atom. The van der Waals surface area contributed by atoms with Crippen molar-refractivity contribution in [1.29, 1.82) is 0 Å². The maximum atomic E-state index is 11.7. The van der Waals surface area contributed by atoms with Gasteiger partial charge in [0.1, 0.15) is 12.1 Å². The summed E-state index contributed by atoms with van der Waals surface area (Å²) in [5, 5.41) is 3.00. The fourth-order valence-corrected chi connectivity index (χ4v) is 2.35. The Labute approximate surface area is 106 Å². The molecule has 2 atom stereocenters. The van der Waals surface area contributed by atoms with Crippen LogP contribution in [0.5, 0.6) is 0 Å². The van der Waals surface area contributed by atoms with E-state index in [0.29, 0.717) is 0 Å². The Kier molecular flexibility index (Phi) is 7.74. The van der Waals surface area contributed by atoms with Gasteiger partial charge in [-0.15, -0.1) is 0 Å². The van der Waals surface area contributed by atoms with Crippen LogP contribution in [0.25, 0.3) is 0 Å². The number of unbranched alkanes of at least 4 members (excludes halogenated alkanes) is 1. The van der Waals surface area contributed by atoms with E-state index in [4.69, 9.17) is 10.5 Å². The standard InChI is InChI=1S/C12H25N2O2P/c13-11(8-4-5-9-14-17)12(15)16-10-6-2-1-3-7-10/h10-11,14H,1-9,13,17H2/t11-/m0/s1. The third-order valence-corrected chi connectivity index (χ3v) is 3.51. The van der Waals surface area contributed by atoms with Crippen molar-refractivity contribution >= 4 is 15.4 Å². The van der Waals surface area contributed by atoms with Crippen molar-refractivity contribution in [3.05, 3.63) is 0 Å². The van der Waals surface area contributed by atoms with E-state index in [0.717, 1.165) is 38.6 Å². The molecule has 1 aliphatic carbocycles. The molecule has 0 saturated heterocycles. The summed E-state index contributed by atoms with van der Waals surface area (Å²) < 4.78 is 5.43. The highest BCUT2D eigenvalue weighted by Gasteiger charge is 2.21. The molecule has 1 saturated carbocycles. The molecular formula is C12H25N2O2P. The lowest BCUT2D eigenvalue weighted by Crippen LogP contribution is -2.35. The monoisotopic (exact) mass is 260 g/mol. The van der Waals surface area contributed by atoms with Gasteiger partial charge in [0.2, 0.25) is 0 Å². The molecule has 5 heteroatoms. The Morgan fingerprint density at radius 2 is 2.06 bits per heavy atom. The molecule has 0 aromatic heterocycles. The number of carbonyl (C=O) groups excluding carboxylic acids is 1. The van der Waals surface area contributed by atoms with E-state index in [9.17, 15) is 4.79 Å². The maximum absolute atomic E-state index is 11.7. The Bertz CT molecular complexity index is 221. The molecule has 4 nitrogen and oxygen atoms in total. The molecule has 1 rings (SSSR count). The van der Waals surface area contributed by atoms with Crippen LogP contribution in [0.1, 0.15) is 51.4 Å². The zero-order valence-corrected chi connectivity index (χ0v) is 11.6. The fraction of sp³-hybridized carbons (Fsp3) is 0.917. The van der Waals surface area contributed by atoms with Crippen LogP contribution in [0.2, 0.25) is 0 Å². The van der Waals surface area contributed by atoms with Gasteiger partial charge >= 0.3 is 5.97 Å². The minimum Gasteiger partial charge on any atom is -0.461 e. The van der Waals surface area contributed by atoms with Gasteiger partial charge in [0.15, 0.2) is 0 Å². The highest BCUT2D eigenvalue weighted by molar-refractivity contribution is 7.13. The smallest absolute Gasteiger partial charge is 0.323 e. The summed E-state index contributed by atoms with van der Waals surface area (Å²) in [5.74, 6) is -0.212. The minimum atomic E-state index is -0.443. The summed E-state index contributed by atoms with van der Waals surface area (Å²) in [5.41, 5.74) is 5.82. The van der Waals surface area contributed by atoms with Crippen molar-refractivity contribution in [2.75, 3.05) is 6.54 Å². The zero-order valence-electron chi connectivity index (χ0n) is 10.5. The SMILES string of the molecule is N[C@@H](CCCCNP)C(=O)OC1CCCCC1. The van der Waals surface area contributed by atoms with Crippen LogP contribution >= 0.6 is 9.39 Å². The lowest BCUT2D eigenvalue weighted by atomic mass is 9.98. The van der Waals surface area contributed by atoms with Gasteiger partial charge in [-0.2, -0.15) is 0 Å². The molecule has 0 radical (unpaired) electrons. The van der Waals surface area contributed by atoms with Crippen molar-refractivity contribution in [1.82, 2.24) is 5.09 Å². The van der Waals surface area contributed by atoms with E-state index in [1.807, 2.05) is 0 Å². The molecule has 0 bridgehead atoms. The number of esters is 1. The maximum Gasteiger partial charge on any atom is 0.323 e. The highest BCUT2D eigenvalue weighted by Crippen LogP contribution is 2.20. The second-order valence-electron chi connectivity index (χ2n) is 4.75.